The molecule has 1 aromatic heterocycles. The molecule has 1 heterocycles. The Balaban J connectivity index is 2.09. The third kappa shape index (κ3) is 3.94. The summed E-state index contributed by atoms with van der Waals surface area (Å²) in [6.45, 7) is 0.713. The highest BCUT2D eigenvalue weighted by Gasteiger charge is 2.37. The van der Waals surface area contributed by atoms with E-state index in [-0.39, 0.29) is 12.0 Å². The molecule has 2 rings (SSSR count). The zero-order valence-corrected chi connectivity index (χ0v) is 12.8. The van der Waals surface area contributed by atoms with E-state index in [1.807, 2.05) is 19.2 Å². The van der Waals surface area contributed by atoms with Crippen molar-refractivity contribution in [2.24, 2.45) is 0 Å². The molecule has 1 aromatic rings. The number of carboxylic acid groups (broad SMARTS) is 1. The molecule has 1 aliphatic carbocycles. The van der Waals surface area contributed by atoms with Crippen LogP contribution >= 0.6 is 0 Å². The first kappa shape index (κ1) is 15.8. The lowest BCUT2D eigenvalue weighted by Crippen LogP contribution is -2.49. The average molecular weight is 292 g/mol. The summed E-state index contributed by atoms with van der Waals surface area (Å²) < 4.78 is 5.06. The van der Waals surface area contributed by atoms with Gasteiger partial charge < -0.3 is 9.84 Å². The van der Waals surface area contributed by atoms with E-state index in [0.717, 1.165) is 31.2 Å². The summed E-state index contributed by atoms with van der Waals surface area (Å²) in [5.41, 5.74) is 0.859. The fraction of sp³-hybridized carbons (Fsp3) is 0.625. The van der Waals surface area contributed by atoms with Crippen LogP contribution in [0.1, 0.15) is 44.1 Å². The predicted molar refractivity (Wildman–Crippen MR) is 80.3 cm³/mol. The molecule has 0 saturated heterocycles. The van der Waals surface area contributed by atoms with Crippen LogP contribution in [0.15, 0.2) is 18.3 Å². The Kier molecular flexibility index (Phi) is 5.17. The monoisotopic (exact) mass is 292 g/mol. The average Bonchev–Trinajstić information content (AvgIpc) is 2.48. The summed E-state index contributed by atoms with van der Waals surface area (Å²) in [6, 6.07) is 3.83. The van der Waals surface area contributed by atoms with E-state index in [1.165, 1.54) is 6.42 Å². The lowest BCUT2D eigenvalue weighted by Gasteiger charge is -2.44. The second kappa shape index (κ2) is 6.89. The third-order valence-electron chi connectivity index (χ3n) is 4.50. The number of ether oxygens (including phenoxy) is 1. The Hall–Kier alpha value is -1.62. The van der Waals surface area contributed by atoms with Gasteiger partial charge in [0.25, 0.3) is 0 Å². The Morgan fingerprint density at radius 3 is 2.62 bits per heavy atom. The summed E-state index contributed by atoms with van der Waals surface area (Å²) in [4.78, 5) is 17.7. The molecule has 21 heavy (non-hydrogen) atoms. The molecule has 0 unspecified atom stereocenters. The molecule has 0 bridgehead atoms. The maximum Gasteiger partial charge on any atom is 0.305 e. The molecule has 1 fully saturated rings. The molecule has 116 valence electrons. The van der Waals surface area contributed by atoms with Crippen molar-refractivity contribution in [2.45, 2.75) is 50.6 Å². The summed E-state index contributed by atoms with van der Waals surface area (Å²) >= 11 is 0. The van der Waals surface area contributed by atoms with Crippen molar-refractivity contribution in [1.29, 1.82) is 0 Å². The smallest absolute Gasteiger partial charge is 0.305 e. The van der Waals surface area contributed by atoms with E-state index in [0.29, 0.717) is 12.4 Å². The van der Waals surface area contributed by atoms with Crippen molar-refractivity contribution < 1.29 is 14.6 Å². The molecule has 0 spiro atoms. The number of aliphatic carboxylic acids is 1. The molecule has 1 N–H and O–H groups in total. The summed E-state index contributed by atoms with van der Waals surface area (Å²) in [6.07, 6.45) is 7.36. The van der Waals surface area contributed by atoms with E-state index >= 15 is 0 Å². The number of rotatable bonds is 6. The van der Waals surface area contributed by atoms with Crippen molar-refractivity contribution >= 4 is 5.97 Å². The van der Waals surface area contributed by atoms with Gasteiger partial charge in [-0.1, -0.05) is 25.3 Å². The molecule has 0 radical (unpaired) electrons. The largest absolute Gasteiger partial charge is 0.481 e. The Morgan fingerprint density at radius 2 is 2.10 bits per heavy atom. The molecule has 5 nitrogen and oxygen atoms in total. The Labute approximate surface area is 125 Å². The first-order valence-corrected chi connectivity index (χ1v) is 7.48. The van der Waals surface area contributed by atoms with Gasteiger partial charge in [-0.2, -0.15) is 0 Å². The third-order valence-corrected chi connectivity index (χ3v) is 4.50. The highest BCUT2D eigenvalue weighted by atomic mass is 16.5. The highest BCUT2D eigenvalue weighted by Crippen LogP contribution is 2.36. The molecule has 0 aromatic carbocycles. The van der Waals surface area contributed by atoms with Gasteiger partial charge >= 0.3 is 5.97 Å². The van der Waals surface area contributed by atoms with Gasteiger partial charge in [-0.3, -0.25) is 9.69 Å². The number of hydrogen-bond donors (Lipinski definition) is 1. The van der Waals surface area contributed by atoms with Crippen molar-refractivity contribution in [2.75, 3.05) is 14.2 Å². The zero-order valence-electron chi connectivity index (χ0n) is 12.8. The van der Waals surface area contributed by atoms with Gasteiger partial charge in [0.15, 0.2) is 0 Å². The first-order valence-electron chi connectivity index (χ1n) is 7.48. The zero-order chi connectivity index (χ0) is 15.3. The van der Waals surface area contributed by atoms with Crippen molar-refractivity contribution in [1.82, 2.24) is 9.88 Å². The lowest BCUT2D eigenvalue weighted by molar-refractivity contribution is -0.141. The fourth-order valence-corrected chi connectivity index (χ4v) is 3.25. The van der Waals surface area contributed by atoms with E-state index in [9.17, 15) is 9.90 Å². The van der Waals surface area contributed by atoms with Gasteiger partial charge in [0.05, 0.1) is 13.5 Å². The van der Waals surface area contributed by atoms with Crippen molar-refractivity contribution in [3.63, 3.8) is 0 Å². The fourth-order valence-electron chi connectivity index (χ4n) is 3.25. The predicted octanol–water partition coefficient (Wildman–Crippen LogP) is 2.70. The number of carbonyl (C=O) groups is 1. The number of aromatic nitrogens is 1. The molecular weight excluding hydrogens is 268 g/mol. The number of carboxylic acids is 1. The quantitative estimate of drug-likeness (QED) is 0.873. The summed E-state index contributed by atoms with van der Waals surface area (Å²) in [5.74, 6) is -0.115. The Morgan fingerprint density at radius 1 is 1.38 bits per heavy atom. The molecule has 0 amide bonds. The van der Waals surface area contributed by atoms with Crippen LogP contribution in [0.4, 0.5) is 0 Å². The van der Waals surface area contributed by atoms with Crippen LogP contribution in [0.2, 0.25) is 0 Å². The number of nitrogens with zero attached hydrogens (tertiary/aromatic N) is 2. The number of pyridine rings is 1. The van der Waals surface area contributed by atoms with Crippen molar-refractivity contribution in [3.8, 4) is 5.88 Å². The van der Waals surface area contributed by atoms with E-state index in [4.69, 9.17) is 4.74 Å². The SMILES string of the molecule is COc1ccc(CN(C)C2(CC(=O)O)CCCCC2)cn1. The number of methoxy groups -OCH3 is 1. The minimum atomic E-state index is -0.711. The van der Waals surface area contributed by atoms with E-state index < -0.39 is 5.97 Å². The maximum absolute atomic E-state index is 11.3. The van der Waals surface area contributed by atoms with Gasteiger partial charge in [0.1, 0.15) is 0 Å². The van der Waals surface area contributed by atoms with E-state index in [2.05, 4.69) is 9.88 Å². The van der Waals surface area contributed by atoms with Crippen LogP contribution in [0.3, 0.4) is 0 Å². The molecule has 1 saturated carbocycles. The standard InChI is InChI=1S/C16H24N2O3/c1-18(12-13-6-7-14(21-2)17-11-13)16(10-15(19)20)8-4-3-5-9-16/h6-7,11H,3-5,8-10,12H2,1-2H3,(H,19,20). The van der Waals surface area contributed by atoms with Crippen LogP contribution < -0.4 is 4.74 Å². The van der Waals surface area contributed by atoms with Gasteiger partial charge in [0.2, 0.25) is 5.88 Å². The second-order valence-electron chi connectivity index (χ2n) is 5.92. The minimum Gasteiger partial charge on any atom is -0.481 e. The van der Waals surface area contributed by atoms with Crippen LogP contribution in [-0.4, -0.2) is 40.7 Å². The van der Waals surface area contributed by atoms with Gasteiger partial charge in [-0.05, 0) is 25.5 Å². The molecular formula is C16H24N2O3. The van der Waals surface area contributed by atoms with E-state index in [1.54, 1.807) is 13.3 Å². The van der Waals surface area contributed by atoms with Crippen LogP contribution in [-0.2, 0) is 11.3 Å². The van der Waals surface area contributed by atoms with Gasteiger partial charge in [-0.15, -0.1) is 0 Å². The van der Waals surface area contributed by atoms with Crippen LogP contribution in [0.5, 0.6) is 5.88 Å². The first-order chi connectivity index (χ1) is 10.1. The highest BCUT2D eigenvalue weighted by molar-refractivity contribution is 5.68. The second-order valence-corrected chi connectivity index (χ2v) is 5.92. The minimum absolute atomic E-state index is 0.215. The molecule has 5 heteroatoms. The van der Waals surface area contributed by atoms with Crippen LogP contribution in [0, 0.1) is 0 Å². The molecule has 0 atom stereocenters. The van der Waals surface area contributed by atoms with Gasteiger partial charge in [0, 0.05) is 24.3 Å². The topological polar surface area (TPSA) is 62.7 Å². The van der Waals surface area contributed by atoms with Crippen molar-refractivity contribution in [3.05, 3.63) is 23.9 Å². The van der Waals surface area contributed by atoms with Gasteiger partial charge in [-0.25, -0.2) is 4.98 Å². The maximum atomic E-state index is 11.3. The molecule has 0 aliphatic heterocycles. The normalized spacial score (nSPS) is 17.7. The Bertz CT molecular complexity index is 467. The molecule has 1 aliphatic rings. The lowest BCUT2D eigenvalue weighted by atomic mass is 9.78. The van der Waals surface area contributed by atoms with Crippen LogP contribution in [0.25, 0.3) is 0 Å². The summed E-state index contributed by atoms with van der Waals surface area (Å²) in [7, 11) is 3.62. The summed E-state index contributed by atoms with van der Waals surface area (Å²) in [5, 5.41) is 9.26. The number of hydrogen-bond acceptors (Lipinski definition) is 4.